The lowest BCUT2D eigenvalue weighted by atomic mass is 9.91. The molecule has 1 aliphatic heterocycles. The van der Waals surface area contributed by atoms with Crippen LogP contribution in [0.1, 0.15) is 57.7 Å². The van der Waals surface area contributed by atoms with E-state index in [1.165, 1.54) is 43.2 Å². The summed E-state index contributed by atoms with van der Waals surface area (Å²) in [5, 5.41) is 15.3. The predicted molar refractivity (Wildman–Crippen MR) is 142 cm³/mol. The molecule has 3 aromatic rings. The number of nitrogens with two attached hydrogens (primary N) is 1. The van der Waals surface area contributed by atoms with E-state index in [0.29, 0.717) is 0 Å². The number of aromatic nitrogens is 3. The van der Waals surface area contributed by atoms with E-state index in [4.69, 9.17) is 0 Å². The SMILES string of the molecule is CC1CCCCC1.CS(N)(=O)=O.Cc1nccc(-n2ccc3c(N4CCC(O)CC4)cccc32)n1. The van der Waals surface area contributed by atoms with Gasteiger partial charge in [0.2, 0.25) is 10.0 Å². The third-order valence-electron chi connectivity index (χ3n) is 6.42. The lowest BCUT2D eigenvalue weighted by molar-refractivity contribution is 0.145. The van der Waals surface area contributed by atoms with Crippen LogP contribution in [-0.4, -0.2) is 53.5 Å². The van der Waals surface area contributed by atoms with Crippen molar-refractivity contribution in [3.63, 3.8) is 0 Å². The van der Waals surface area contributed by atoms with Gasteiger partial charge in [-0.15, -0.1) is 0 Å². The average molecular weight is 502 g/mol. The molecule has 1 aromatic carbocycles. The Morgan fingerprint density at radius 3 is 2.26 bits per heavy atom. The number of aryl methyl sites for hydroxylation is 1. The highest BCUT2D eigenvalue weighted by Gasteiger charge is 2.19. The molecule has 1 aliphatic carbocycles. The van der Waals surface area contributed by atoms with Crippen molar-refractivity contribution >= 4 is 26.6 Å². The Kier molecular flexibility index (Phi) is 9.65. The first-order valence-corrected chi connectivity index (χ1v) is 14.4. The fraction of sp³-hybridized carbons (Fsp3) is 0.538. The molecule has 1 saturated heterocycles. The summed E-state index contributed by atoms with van der Waals surface area (Å²) in [6, 6.07) is 10.4. The number of aliphatic hydroxyl groups excluding tert-OH is 1. The number of primary sulfonamides is 1. The van der Waals surface area contributed by atoms with Gasteiger partial charge in [-0.1, -0.05) is 45.1 Å². The van der Waals surface area contributed by atoms with Crippen molar-refractivity contribution < 1.29 is 13.5 Å². The molecule has 3 heterocycles. The number of aliphatic hydroxyl groups is 1. The summed E-state index contributed by atoms with van der Waals surface area (Å²) in [7, 11) is -3.17. The fourth-order valence-corrected chi connectivity index (χ4v) is 4.62. The molecule has 35 heavy (non-hydrogen) atoms. The first-order valence-electron chi connectivity index (χ1n) is 12.4. The molecule has 2 aromatic heterocycles. The maximum absolute atomic E-state index is 9.72. The van der Waals surface area contributed by atoms with E-state index in [9.17, 15) is 13.5 Å². The number of nitrogens with zero attached hydrogens (tertiary/aromatic N) is 4. The van der Waals surface area contributed by atoms with E-state index in [2.05, 4.69) is 62.0 Å². The average Bonchev–Trinajstić information content (AvgIpc) is 3.24. The lowest BCUT2D eigenvalue weighted by Crippen LogP contribution is -2.35. The van der Waals surface area contributed by atoms with E-state index in [1.54, 1.807) is 6.20 Å². The van der Waals surface area contributed by atoms with Gasteiger partial charge in [0.25, 0.3) is 0 Å². The summed E-state index contributed by atoms with van der Waals surface area (Å²) < 4.78 is 20.9. The molecule has 5 rings (SSSR count). The summed E-state index contributed by atoms with van der Waals surface area (Å²) in [5.74, 6) is 2.69. The number of piperidine rings is 1. The molecular formula is C26H39N5O3S. The van der Waals surface area contributed by atoms with Gasteiger partial charge in [-0.3, -0.25) is 0 Å². The monoisotopic (exact) mass is 501 g/mol. The van der Waals surface area contributed by atoms with Crippen LogP contribution in [0.5, 0.6) is 0 Å². The second kappa shape index (κ2) is 12.5. The molecular weight excluding hydrogens is 462 g/mol. The van der Waals surface area contributed by atoms with Crippen LogP contribution < -0.4 is 10.0 Å². The number of hydrogen-bond donors (Lipinski definition) is 2. The molecule has 0 amide bonds. The minimum atomic E-state index is -3.17. The highest BCUT2D eigenvalue weighted by molar-refractivity contribution is 7.88. The molecule has 0 unspecified atom stereocenters. The van der Waals surface area contributed by atoms with Crippen LogP contribution in [0.4, 0.5) is 5.69 Å². The van der Waals surface area contributed by atoms with Crippen LogP contribution in [0, 0.1) is 12.8 Å². The highest BCUT2D eigenvalue weighted by Crippen LogP contribution is 2.31. The van der Waals surface area contributed by atoms with Crippen molar-refractivity contribution in [2.45, 2.75) is 64.9 Å². The maximum atomic E-state index is 9.72. The molecule has 2 fully saturated rings. The number of hydrogen-bond acceptors (Lipinski definition) is 6. The zero-order valence-corrected chi connectivity index (χ0v) is 21.9. The van der Waals surface area contributed by atoms with Gasteiger partial charge in [-0.05, 0) is 49.9 Å². The van der Waals surface area contributed by atoms with Crippen LogP contribution in [0.3, 0.4) is 0 Å². The first-order chi connectivity index (χ1) is 16.6. The van der Waals surface area contributed by atoms with Gasteiger partial charge in [-0.25, -0.2) is 23.5 Å². The van der Waals surface area contributed by atoms with Gasteiger partial charge >= 0.3 is 0 Å². The molecule has 0 bridgehead atoms. The molecule has 0 radical (unpaired) electrons. The summed E-state index contributed by atoms with van der Waals surface area (Å²) in [6.45, 7) is 6.06. The standard InChI is InChI=1S/C18H20N4O.C7H14.CH5NO2S/c1-13-19-9-5-18(20-13)22-12-8-15-16(3-2-4-17(15)22)21-10-6-14(23)7-11-21;1-7-5-3-2-4-6-7;1-5(2,3)4/h2-5,8-9,12,14,23H,6-7,10-11H2,1H3;7H,2-6H2,1H3;1H3,(H2,2,3,4). The van der Waals surface area contributed by atoms with Crippen molar-refractivity contribution in [3.05, 3.63) is 48.5 Å². The molecule has 192 valence electrons. The van der Waals surface area contributed by atoms with Gasteiger partial charge in [0.05, 0.1) is 17.9 Å². The zero-order valence-electron chi connectivity index (χ0n) is 21.1. The van der Waals surface area contributed by atoms with Gasteiger partial charge in [0.15, 0.2) is 0 Å². The van der Waals surface area contributed by atoms with Crippen molar-refractivity contribution in [1.82, 2.24) is 14.5 Å². The quantitative estimate of drug-likeness (QED) is 0.544. The maximum Gasteiger partial charge on any atom is 0.206 e. The molecule has 0 spiro atoms. The van der Waals surface area contributed by atoms with Gasteiger partial charge in [0.1, 0.15) is 11.6 Å². The fourth-order valence-electron chi connectivity index (χ4n) is 4.62. The van der Waals surface area contributed by atoms with E-state index < -0.39 is 10.0 Å². The Labute approximate surface area is 209 Å². The second-order valence-electron chi connectivity index (χ2n) is 9.65. The Morgan fingerprint density at radius 2 is 1.69 bits per heavy atom. The summed E-state index contributed by atoms with van der Waals surface area (Å²) in [4.78, 5) is 11.1. The number of anilines is 1. The zero-order chi connectivity index (χ0) is 25.4. The molecule has 1 saturated carbocycles. The van der Waals surface area contributed by atoms with Crippen LogP contribution >= 0.6 is 0 Å². The van der Waals surface area contributed by atoms with E-state index in [1.807, 2.05) is 13.0 Å². The summed E-state index contributed by atoms with van der Waals surface area (Å²) in [5.41, 5.74) is 2.38. The van der Waals surface area contributed by atoms with Crippen LogP contribution in [0.15, 0.2) is 42.7 Å². The number of rotatable bonds is 2. The smallest absolute Gasteiger partial charge is 0.206 e. The third kappa shape index (κ3) is 8.59. The summed E-state index contributed by atoms with van der Waals surface area (Å²) >= 11 is 0. The second-order valence-corrected chi connectivity index (χ2v) is 11.3. The van der Waals surface area contributed by atoms with Crippen LogP contribution in [0.2, 0.25) is 0 Å². The van der Waals surface area contributed by atoms with Crippen molar-refractivity contribution in [1.29, 1.82) is 0 Å². The van der Waals surface area contributed by atoms with Gasteiger partial charge in [0, 0.05) is 36.6 Å². The first kappa shape index (κ1) is 27.1. The highest BCUT2D eigenvalue weighted by atomic mass is 32.2. The lowest BCUT2D eigenvalue weighted by Gasteiger charge is -2.32. The number of fused-ring (bicyclic) bond motifs is 1. The Morgan fingerprint density at radius 1 is 1.03 bits per heavy atom. The molecule has 2 aliphatic rings. The van der Waals surface area contributed by atoms with Crippen molar-refractivity contribution in [3.8, 4) is 5.82 Å². The van der Waals surface area contributed by atoms with Crippen LogP contribution in [0.25, 0.3) is 16.7 Å². The van der Waals surface area contributed by atoms with E-state index in [-0.39, 0.29) is 6.10 Å². The largest absolute Gasteiger partial charge is 0.393 e. The van der Waals surface area contributed by atoms with E-state index >= 15 is 0 Å². The molecule has 8 nitrogen and oxygen atoms in total. The van der Waals surface area contributed by atoms with Crippen LogP contribution in [-0.2, 0) is 10.0 Å². The number of sulfonamides is 1. The Hall–Kier alpha value is -2.49. The topological polar surface area (TPSA) is 114 Å². The summed E-state index contributed by atoms with van der Waals surface area (Å²) in [6.07, 6.45) is 13.7. The van der Waals surface area contributed by atoms with Gasteiger partial charge in [-0.2, -0.15) is 0 Å². The number of benzene rings is 1. The normalized spacial score (nSPS) is 17.3. The minimum Gasteiger partial charge on any atom is -0.393 e. The van der Waals surface area contributed by atoms with E-state index in [0.717, 1.165) is 55.3 Å². The molecule has 0 atom stereocenters. The van der Waals surface area contributed by atoms with Crippen molar-refractivity contribution in [2.75, 3.05) is 24.2 Å². The van der Waals surface area contributed by atoms with Gasteiger partial charge < -0.3 is 14.6 Å². The Balaban J connectivity index is 0.000000236. The third-order valence-corrected chi connectivity index (χ3v) is 6.42. The predicted octanol–water partition coefficient (Wildman–Crippen LogP) is 4.18. The Bertz CT molecular complexity index is 1170. The van der Waals surface area contributed by atoms with Crippen molar-refractivity contribution in [2.24, 2.45) is 11.1 Å². The minimum absolute atomic E-state index is 0.154. The molecule has 9 heteroatoms. The molecule has 3 N–H and O–H groups in total.